The van der Waals surface area contributed by atoms with E-state index in [9.17, 15) is 22.8 Å². The summed E-state index contributed by atoms with van der Waals surface area (Å²) in [6, 6.07) is 8.56. The molecule has 162 valence electrons. The molecule has 1 fully saturated rings. The number of benzene rings is 1. The number of alkyl halides is 3. The Morgan fingerprint density at radius 3 is 2.47 bits per heavy atom. The Kier molecular flexibility index (Phi) is 9.03. The van der Waals surface area contributed by atoms with Gasteiger partial charge in [0, 0.05) is 17.0 Å². The van der Waals surface area contributed by atoms with E-state index in [0.717, 1.165) is 0 Å². The number of allylic oxidation sites excluding steroid dienone is 1. The van der Waals surface area contributed by atoms with Crippen LogP contribution in [0.5, 0.6) is 0 Å². The minimum atomic E-state index is -5.08. The van der Waals surface area contributed by atoms with Gasteiger partial charge in [0.2, 0.25) is 0 Å². The quantitative estimate of drug-likeness (QED) is 0.171. The van der Waals surface area contributed by atoms with Crippen molar-refractivity contribution in [1.29, 1.82) is 0 Å². The SMILES string of the molecule is C=CC[C@H]1CNC[C@@]1(N=[N+]=[N-])C(=O)OCC(=O)c1ccccc1.O=C(O)C(F)(F)F. The molecule has 0 saturated carbocycles. The number of ether oxygens (including phenoxy) is 1. The lowest BCUT2D eigenvalue weighted by atomic mass is 9.85. The zero-order valence-corrected chi connectivity index (χ0v) is 15.6. The van der Waals surface area contributed by atoms with Gasteiger partial charge in [0.05, 0.1) is 0 Å². The Labute approximate surface area is 169 Å². The normalized spacial score (nSPS) is 20.2. The van der Waals surface area contributed by atoms with Gasteiger partial charge in [-0.2, -0.15) is 13.2 Å². The molecule has 12 heteroatoms. The highest BCUT2D eigenvalue weighted by Crippen LogP contribution is 2.31. The number of halogens is 3. The van der Waals surface area contributed by atoms with Crippen molar-refractivity contribution in [2.24, 2.45) is 11.0 Å². The van der Waals surface area contributed by atoms with E-state index < -0.39 is 23.7 Å². The molecule has 0 amide bonds. The predicted molar refractivity (Wildman–Crippen MR) is 98.5 cm³/mol. The maximum Gasteiger partial charge on any atom is 0.490 e. The predicted octanol–water partition coefficient (Wildman–Crippen LogP) is 2.89. The third kappa shape index (κ3) is 6.61. The summed E-state index contributed by atoms with van der Waals surface area (Å²) in [5, 5.41) is 13.8. The van der Waals surface area contributed by atoms with Crippen LogP contribution in [0.15, 0.2) is 48.1 Å². The van der Waals surface area contributed by atoms with E-state index in [0.29, 0.717) is 18.5 Å². The van der Waals surface area contributed by atoms with Gasteiger partial charge in [0.25, 0.3) is 0 Å². The van der Waals surface area contributed by atoms with Crippen LogP contribution < -0.4 is 5.32 Å². The van der Waals surface area contributed by atoms with Crippen LogP contribution in [0.1, 0.15) is 16.8 Å². The van der Waals surface area contributed by atoms with Crippen molar-refractivity contribution in [3.05, 3.63) is 59.0 Å². The number of esters is 1. The molecule has 2 rings (SSSR count). The van der Waals surface area contributed by atoms with Gasteiger partial charge in [-0.15, -0.1) is 6.58 Å². The summed E-state index contributed by atoms with van der Waals surface area (Å²) in [6.07, 6.45) is -2.91. The number of carbonyl (C=O) groups is 3. The van der Waals surface area contributed by atoms with Gasteiger partial charge < -0.3 is 15.2 Å². The summed E-state index contributed by atoms with van der Waals surface area (Å²) in [5.74, 6) is -3.99. The Morgan fingerprint density at radius 1 is 1.37 bits per heavy atom. The highest BCUT2D eigenvalue weighted by molar-refractivity contribution is 5.98. The number of carbonyl (C=O) groups excluding carboxylic acids is 2. The molecule has 1 aliphatic rings. The molecule has 0 aliphatic carbocycles. The molecule has 0 bridgehead atoms. The largest absolute Gasteiger partial charge is 0.490 e. The monoisotopic (exact) mass is 428 g/mol. The summed E-state index contributed by atoms with van der Waals surface area (Å²) < 4.78 is 36.9. The minimum absolute atomic E-state index is 0.188. The third-order valence-electron chi connectivity index (χ3n) is 4.16. The number of ketones is 1. The Morgan fingerprint density at radius 2 is 1.97 bits per heavy atom. The number of carboxylic acid groups (broad SMARTS) is 1. The van der Waals surface area contributed by atoms with Gasteiger partial charge in [0.1, 0.15) is 0 Å². The molecule has 0 aromatic heterocycles. The second-order valence-corrected chi connectivity index (χ2v) is 6.13. The van der Waals surface area contributed by atoms with Crippen molar-refractivity contribution in [1.82, 2.24) is 5.32 Å². The van der Waals surface area contributed by atoms with Crippen molar-refractivity contribution >= 4 is 17.7 Å². The van der Waals surface area contributed by atoms with E-state index >= 15 is 0 Å². The highest BCUT2D eigenvalue weighted by Gasteiger charge is 2.49. The van der Waals surface area contributed by atoms with Gasteiger partial charge in [-0.05, 0) is 24.4 Å². The molecule has 1 heterocycles. The first kappa shape index (κ1) is 24.7. The fraction of sp³-hybridized carbons (Fsp3) is 0.389. The Balaban J connectivity index is 0.000000553. The first-order chi connectivity index (χ1) is 14.1. The molecule has 0 unspecified atom stereocenters. The van der Waals surface area contributed by atoms with Crippen molar-refractivity contribution in [2.45, 2.75) is 18.1 Å². The number of hydrogen-bond donors (Lipinski definition) is 2. The Bertz CT molecular complexity index is 825. The van der Waals surface area contributed by atoms with E-state index in [2.05, 4.69) is 21.9 Å². The molecular formula is C18H19F3N4O5. The number of hydrogen-bond acceptors (Lipinski definition) is 6. The molecule has 0 radical (unpaired) electrons. The van der Waals surface area contributed by atoms with Crippen LogP contribution in [0.3, 0.4) is 0 Å². The zero-order chi connectivity index (χ0) is 22.8. The summed E-state index contributed by atoms with van der Waals surface area (Å²) >= 11 is 0. The van der Waals surface area contributed by atoms with Crippen molar-refractivity contribution in [3.8, 4) is 0 Å². The van der Waals surface area contributed by atoms with Crippen LogP contribution in [0.25, 0.3) is 10.4 Å². The number of azide groups is 1. The average Bonchev–Trinajstić information content (AvgIpc) is 3.10. The molecule has 1 aromatic rings. The maximum atomic E-state index is 12.5. The average molecular weight is 428 g/mol. The molecule has 30 heavy (non-hydrogen) atoms. The topological polar surface area (TPSA) is 141 Å². The van der Waals surface area contributed by atoms with Crippen molar-refractivity contribution in [2.75, 3.05) is 19.7 Å². The lowest BCUT2D eigenvalue weighted by Crippen LogP contribution is -2.45. The Hall–Kier alpha value is -3.37. The van der Waals surface area contributed by atoms with Gasteiger partial charge in [-0.25, -0.2) is 4.79 Å². The second-order valence-electron chi connectivity index (χ2n) is 6.13. The smallest absolute Gasteiger partial charge is 0.475 e. The number of Topliss-reactive ketones (excluding diaryl/α,β-unsaturated/α-hetero) is 1. The van der Waals surface area contributed by atoms with Crippen LogP contribution in [-0.4, -0.2) is 54.2 Å². The van der Waals surface area contributed by atoms with Crippen LogP contribution in [0.2, 0.25) is 0 Å². The molecule has 0 spiro atoms. The van der Waals surface area contributed by atoms with Gasteiger partial charge in [-0.3, -0.25) is 9.59 Å². The standard InChI is InChI=1S/C16H18N4O3.C2HF3O2/c1-2-6-13-9-18-11-16(13,19-20-17)15(22)23-10-14(21)12-7-4-3-5-8-12;3-2(4,5)1(6)7/h2-5,7-8,13,18H,1,6,9-11H2;(H,6,7)/t13-,16-;/m0./s1. The second kappa shape index (κ2) is 11.0. The summed E-state index contributed by atoms with van der Waals surface area (Å²) in [6.45, 7) is 3.98. The molecule has 1 saturated heterocycles. The number of rotatable bonds is 7. The highest BCUT2D eigenvalue weighted by atomic mass is 19.4. The lowest BCUT2D eigenvalue weighted by Gasteiger charge is -2.26. The maximum absolute atomic E-state index is 12.5. The summed E-state index contributed by atoms with van der Waals surface area (Å²) in [4.78, 5) is 36.2. The van der Waals surface area contributed by atoms with E-state index in [1.54, 1.807) is 36.4 Å². The number of aliphatic carboxylic acids is 1. The molecule has 1 aromatic carbocycles. The first-order valence-corrected chi connectivity index (χ1v) is 8.52. The summed E-state index contributed by atoms with van der Waals surface area (Å²) in [7, 11) is 0. The van der Waals surface area contributed by atoms with Crippen LogP contribution >= 0.6 is 0 Å². The van der Waals surface area contributed by atoms with Crippen molar-refractivity contribution < 1.29 is 37.4 Å². The lowest BCUT2D eigenvalue weighted by molar-refractivity contribution is -0.192. The van der Waals surface area contributed by atoms with Gasteiger partial charge in [-0.1, -0.05) is 41.5 Å². The third-order valence-corrected chi connectivity index (χ3v) is 4.16. The minimum Gasteiger partial charge on any atom is -0.475 e. The van der Waals surface area contributed by atoms with Crippen LogP contribution in [-0.2, 0) is 14.3 Å². The van der Waals surface area contributed by atoms with E-state index in [4.69, 9.17) is 20.2 Å². The van der Waals surface area contributed by atoms with Gasteiger partial charge in [0.15, 0.2) is 17.9 Å². The molecule has 2 atom stereocenters. The van der Waals surface area contributed by atoms with E-state index in [1.165, 1.54) is 0 Å². The molecule has 9 nitrogen and oxygen atoms in total. The first-order valence-electron chi connectivity index (χ1n) is 8.52. The van der Waals surface area contributed by atoms with Gasteiger partial charge >= 0.3 is 18.1 Å². The fourth-order valence-corrected chi connectivity index (χ4v) is 2.67. The number of carboxylic acids is 1. The molecule has 2 N–H and O–H groups in total. The number of nitrogens with one attached hydrogen (secondary N) is 1. The fourth-order valence-electron chi connectivity index (χ4n) is 2.67. The van der Waals surface area contributed by atoms with Crippen molar-refractivity contribution in [3.63, 3.8) is 0 Å². The molecule has 1 aliphatic heterocycles. The number of nitrogens with zero attached hydrogens (tertiary/aromatic N) is 3. The van der Waals surface area contributed by atoms with Crippen LogP contribution in [0, 0.1) is 5.92 Å². The summed E-state index contributed by atoms with van der Waals surface area (Å²) in [5.41, 5.74) is 7.94. The van der Waals surface area contributed by atoms with Crippen LogP contribution in [0.4, 0.5) is 13.2 Å². The van der Waals surface area contributed by atoms with E-state index in [1.807, 2.05) is 0 Å². The molecular weight excluding hydrogens is 409 g/mol. The zero-order valence-electron chi connectivity index (χ0n) is 15.6. The van der Waals surface area contributed by atoms with E-state index in [-0.39, 0.29) is 24.9 Å².